The molecule has 1 rings (SSSR count). The summed E-state index contributed by atoms with van der Waals surface area (Å²) in [6, 6.07) is 7.66. The van der Waals surface area contributed by atoms with E-state index in [-0.39, 0.29) is 12.5 Å². The number of carbonyl (C=O) groups is 1. The van der Waals surface area contributed by atoms with Crippen LogP contribution in [0.5, 0.6) is 5.75 Å². The van der Waals surface area contributed by atoms with Crippen molar-refractivity contribution in [3.8, 4) is 5.75 Å². The largest absolute Gasteiger partial charge is 0.496 e. The van der Waals surface area contributed by atoms with Gasteiger partial charge in [-0.3, -0.25) is 0 Å². The molecule has 0 aliphatic rings. The van der Waals surface area contributed by atoms with Crippen LogP contribution >= 0.6 is 0 Å². The maximum Gasteiger partial charge on any atom is 0.338 e. The molecule has 0 bridgehead atoms. The summed E-state index contributed by atoms with van der Waals surface area (Å²) in [5, 5.41) is 10.8. The summed E-state index contributed by atoms with van der Waals surface area (Å²) in [5.74, 6) is -0.0193. The number of esters is 1. The fraction of sp³-hybridized carbons (Fsp3) is 0.588. The minimum Gasteiger partial charge on any atom is -0.496 e. The summed E-state index contributed by atoms with van der Waals surface area (Å²) in [6.07, 6.45) is 1.66. The summed E-state index contributed by atoms with van der Waals surface area (Å²) in [4.78, 5) is 12.1. The van der Waals surface area contributed by atoms with Crippen LogP contribution in [0.4, 0.5) is 0 Å². The fourth-order valence-corrected chi connectivity index (χ4v) is 2.56. The monoisotopic (exact) mass is 294 g/mol. The van der Waals surface area contributed by atoms with Gasteiger partial charge in [0.15, 0.2) is 5.60 Å². The number of benzene rings is 1. The van der Waals surface area contributed by atoms with Gasteiger partial charge < -0.3 is 14.6 Å². The Morgan fingerprint density at radius 1 is 1.33 bits per heavy atom. The third-order valence-corrected chi connectivity index (χ3v) is 3.79. The lowest BCUT2D eigenvalue weighted by Gasteiger charge is -2.32. The number of carbonyl (C=O) groups excluding carboxylic acids is 1. The highest BCUT2D eigenvalue weighted by atomic mass is 16.5. The molecule has 0 amide bonds. The summed E-state index contributed by atoms with van der Waals surface area (Å²) in [6.45, 7) is 5.83. The van der Waals surface area contributed by atoms with E-state index in [1.54, 1.807) is 14.0 Å². The van der Waals surface area contributed by atoms with Gasteiger partial charge in [0.05, 0.1) is 13.7 Å². The Balaban J connectivity index is 2.95. The van der Waals surface area contributed by atoms with E-state index in [0.29, 0.717) is 19.3 Å². The van der Waals surface area contributed by atoms with E-state index in [9.17, 15) is 9.90 Å². The first kappa shape index (κ1) is 17.5. The molecule has 0 saturated carbocycles. The van der Waals surface area contributed by atoms with Crippen molar-refractivity contribution < 1.29 is 19.4 Å². The molecule has 1 aromatic rings. The van der Waals surface area contributed by atoms with Crippen LogP contribution in [0.3, 0.4) is 0 Å². The van der Waals surface area contributed by atoms with Gasteiger partial charge in [-0.05, 0) is 37.3 Å². The molecule has 1 N–H and O–H groups in total. The SMILES string of the molecule is CCCC(O)(C(=O)OCC)C(C)Cc1ccccc1OC. The molecule has 2 unspecified atom stereocenters. The molecular formula is C17H26O4. The van der Waals surface area contributed by atoms with Crippen LogP contribution in [0.1, 0.15) is 39.2 Å². The molecular weight excluding hydrogens is 268 g/mol. The molecule has 0 fully saturated rings. The van der Waals surface area contributed by atoms with Gasteiger partial charge >= 0.3 is 5.97 Å². The number of methoxy groups -OCH3 is 1. The molecule has 0 aromatic heterocycles. The zero-order valence-electron chi connectivity index (χ0n) is 13.4. The predicted molar refractivity (Wildman–Crippen MR) is 82.4 cm³/mol. The third-order valence-electron chi connectivity index (χ3n) is 3.79. The third kappa shape index (κ3) is 4.21. The van der Waals surface area contributed by atoms with Crippen molar-refractivity contribution >= 4 is 5.97 Å². The summed E-state index contributed by atoms with van der Waals surface area (Å²) in [7, 11) is 1.62. The molecule has 0 aliphatic heterocycles. The van der Waals surface area contributed by atoms with Crippen LogP contribution < -0.4 is 4.74 Å². The van der Waals surface area contributed by atoms with E-state index in [1.165, 1.54) is 0 Å². The van der Waals surface area contributed by atoms with Crippen LogP contribution in [0.15, 0.2) is 24.3 Å². The second-order valence-electron chi connectivity index (χ2n) is 5.31. The first-order valence-electron chi connectivity index (χ1n) is 7.51. The van der Waals surface area contributed by atoms with E-state index in [2.05, 4.69) is 0 Å². The fourth-order valence-electron chi connectivity index (χ4n) is 2.56. The van der Waals surface area contributed by atoms with Crippen LogP contribution in [0, 0.1) is 5.92 Å². The maximum atomic E-state index is 12.1. The van der Waals surface area contributed by atoms with Crippen LogP contribution in [0.2, 0.25) is 0 Å². The van der Waals surface area contributed by atoms with Crippen molar-refractivity contribution in [3.63, 3.8) is 0 Å². The van der Waals surface area contributed by atoms with Gasteiger partial charge in [-0.25, -0.2) is 4.79 Å². The van der Waals surface area contributed by atoms with E-state index in [4.69, 9.17) is 9.47 Å². The number of rotatable bonds is 8. The highest BCUT2D eigenvalue weighted by Crippen LogP contribution is 2.30. The van der Waals surface area contributed by atoms with Crippen molar-refractivity contribution in [2.75, 3.05) is 13.7 Å². The normalized spacial score (nSPS) is 15.1. The van der Waals surface area contributed by atoms with Crippen LogP contribution in [-0.4, -0.2) is 30.4 Å². The van der Waals surface area contributed by atoms with Crippen molar-refractivity contribution in [2.24, 2.45) is 5.92 Å². The van der Waals surface area contributed by atoms with Crippen LogP contribution in [0.25, 0.3) is 0 Å². The molecule has 0 heterocycles. The summed E-state index contributed by atoms with van der Waals surface area (Å²) < 4.78 is 10.4. The Morgan fingerprint density at radius 3 is 2.57 bits per heavy atom. The molecule has 0 spiro atoms. The van der Waals surface area contributed by atoms with Gasteiger partial charge in [-0.2, -0.15) is 0 Å². The van der Waals surface area contributed by atoms with Gasteiger partial charge in [0.25, 0.3) is 0 Å². The Kier molecular flexibility index (Phi) is 6.69. The number of ether oxygens (including phenoxy) is 2. The molecule has 1 aromatic carbocycles. The maximum absolute atomic E-state index is 12.1. The Hall–Kier alpha value is -1.55. The second-order valence-corrected chi connectivity index (χ2v) is 5.31. The van der Waals surface area contributed by atoms with Crippen molar-refractivity contribution in [3.05, 3.63) is 29.8 Å². The second kappa shape index (κ2) is 8.03. The predicted octanol–water partition coefficient (Wildman–Crippen LogP) is 2.97. The lowest BCUT2D eigenvalue weighted by molar-refractivity contribution is -0.171. The highest BCUT2D eigenvalue weighted by Gasteiger charge is 2.42. The molecule has 4 heteroatoms. The zero-order chi connectivity index (χ0) is 15.9. The smallest absolute Gasteiger partial charge is 0.338 e. The molecule has 0 radical (unpaired) electrons. The van der Waals surface area contributed by atoms with E-state index in [1.807, 2.05) is 38.1 Å². The average Bonchev–Trinajstić information content (AvgIpc) is 2.48. The number of hydrogen-bond donors (Lipinski definition) is 1. The van der Waals surface area contributed by atoms with E-state index >= 15 is 0 Å². The Bertz CT molecular complexity index is 458. The molecule has 118 valence electrons. The highest BCUT2D eigenvalue weighted by molar-refractivity contribution is 5.79. The van der Waals surface area contributed by atoms with Crippen molar-refractivity contribution in [1.29, 1.82) is 0 Å². The van der Waals surface area contributed by atoms with E-state index < -0.39 is 11.6 Å². The summed E-state index contributed by atoms with van der Waals surface area (Å²) >= 11 is 0. The minimum absolute atomic E-state index is 0.257. The van der Waals surface area contributed by atoms with Gasteiger partial charge in [0.1, 0.15) is 5.75 Å². The molecule has 0 aliphatic carbocycles. The van der Waals surface area contributed by atoms with Gasteiger partial charge in [-0.1, -0.05) is 38.5 Å². The molecule has 0 saturated heterocycles. The first-order valence-corrected chi connectivity index (χ1v) is 7.51. The van der Waals surface area contributed by atoms with Gasteiger partial charge in [0.2, 0.25) is 0 Å². The Labute approximate surface area is 127 Å². The van der Waals surface area contributed by atoms with E-state index in [0.717, 1.165) is 11.3 Å². The number of aliphatic hydroxyl groups is 1. The number of para-hydroxylation sites is 1. The Morgan fingerprint density at radius 2 is 2.00 bits per heavy atom. The number of hydrogen-bond acceptors (Lipinski definition) is 4. The molecule has 21 heavy (non-hydrogen) atoms. The molecule has 2 atom stereocenters. The zero-order valence-corrected chi connectivity index (χ0v) is 13.4. The lowest BCUT2D eigenvalue weighted by atomic mass is 9.81. The topological polar surface area (TPSA) is 55.8 Å². The van der Waals surface area contributed by atoms with Crippen molar-refractivity contribution in [2.45, 2.75) is 45.6 Å². The molecule has 4 nitrogen and oxygen atoms in total. The van der Waals surface area contributed by atoms with Crippen LogP contribution in [-0.2, 0) is 16.0 Å². The quantitative estimate of drug-likeness (QED) is 0.749. The van der Waals surface area contributed by atoms with Crippen molar-refractivity contribution in [1.82, 2.24) is 0 Å². The lowest BCUT2D eigenvalue weighted by Crippen LogP contribution is -2.46. The average molecular weight is 294 g/mol. The standard InChI is InChI=1S/C17H26O4/c1-5-11-17(19,16(18)21-6-2)13(3)12-14-9-7-8-10-15(14)20-4/h7-10,13,19H,5-6,11-12H2,1-4H3. The summed E-state index contributed by atoms with van der Waals surface area (Å²) in [5.41, 5.74) is -0.475. The van der Waals surface area contributed by atoms with Gasteiger partial charge in [-0.15, -0.1) is 0 Å². The van der Waals surface area contributed by atoms with Gasteiger partial charge in [0, 0.05) is 0 Å². The minimum atomic E-state index is -1.45. The first-order chi connectivity index (χ1) is 9.99.